The number of hydrogen-bond acceptors (Lipinski definition) is 8. The van der Waals surface area contributed by atoms with Gasteiger partial charge in [-0.25, -0.2) is 4.79 Å². The molecule has 4 aromatic carbocycles. The van der Waals surface area contributed by atoms with Crippen LogP contribution in [-0.2, 0) is 34.9 Å². The Kier molecular flexibility index (Phi) is 11.6. The molecule has 6 rings (SSSR count). The average Bonchev–Trinajstić information content (AvgIpc) is 3.62. The molecule has 0 unspecified atom stereocenters. The summed E-state index contributed by atoms with van der Waals surface area (Å²) in [5.41, 5.74) is 6.08. The molecule has 0 fully saturated rings. The minimum absolute atomic E-state index is 0.264. The summed E-state index contributed by atoms with van der Waals surface area (Å²) in [5, 5.41) is 18.5. The number of carbonyl (C=O) groups is 1. The molecule has 0 saturated heterocycles. The number of benzene rings is 4. The van der Waals surface area contributed by atoms with Crippen molar-refractivity contribution in [2.45, 2.75) is 50.6 Å². The molecule has 0 aliphatic rings. The SMILES string of the molecule is COCCn1nc(CO)c(-c2c(Cl)ccc3c2c(C)c(C(=O)OC)n3CCCOc2cc(SCc3ccc(OC)cc3)cc3ccccc23)c1C. The number of halogens is 1. The van der Waals surface area contributed by atoms with Crippen LogP contribution in [0.2, 0.25) is 5.02 Å². The van der Waals surface area contributed by atoms with Crippen LogP contribution in [0.25, 0.3) is 32.8 Å². The van der Waals surface area contributed by atoms with Crippen molar-refractivity contribution in [3.05, 3.63) is 106 Å². The van der Waals surface area contributed by atoms with Crippen molar-refractivity contribution in [2.75, 3.05) is 34.5 Å². The molecular formula is C40H42ClN3O6S. The first-order chi connectivity index (χ1) is 24.8. The van der Waals surface area contributed by atoms with Crippen molar-refractivity contribution in [2.24, 2.45) is 0 Å². The van der Waals surface area contributed by atoms with Gasteiger partial charge in [0.15, 0.2) is 0 Å². The maximum Gasteiger partial charge on any atom is 0.354 e. The molecule has 51 heavy (non-hydrogen) atoms. The van der Waals surface area contributed by atoms with Gasteiger partial charge in [-0.2, -0.15) is 5.10 Å². The first kappa shape index (κ1) is 36.3. The van der Waals surface area contributed by atoms with Gasteiger partial charge in [0, 0.05) is 62.4 Å². The van der Waals surface area contributed by atoms with Crippen molar-refractivity contribution in [3.63, 3.8) is 0 Å². The first-order valence-electron chi connectivity index (χ1n) is 16.8. The van der Waals surface area contributed by atoms with E-state index in [0.29, 0.717) is 49.1 Å². The number of nitrogens with zero attached hydrogens (tertiary/aromatic N) is 3. The van der Waals surface area contributed by atoms with E-state index in [-0.39, 0.29) is 6.61 Å². The van der Waals surface area contributed by atoms with Crippen molar-refractivity contribution < 1.29 is 28.8 Å². The molecule has 9 nitrogen and oxygen atoms in total. The van der Waals surface area contributed by atoms with Crippen LogP contribution in [0, 0.1) is 13.8 Å². The van der Waals surface area contributed by atoms with Gasteiger partial charge in [-0.05, 0) is 73.2 Å². The zero-order valence-electron chi connectivity index (χ0n) is 29.5. The van der Waals surface area contributed by atoms with E-state index in [9.17, 15) is 9.90 Å². The summed E-state index contributed by atoms with van der Waals surface area (Å²) < 4.78 is 26.1. The summed E-state index contributed by atoms with van der Waals surface area (Å²) in [6.45, 7) is 5.52. The van der Waals surface area contributed by atoms with Gasteiger partial charge in [-0.15, -0.1) is 11.8 Å². The van der Waals surface area contributed by atoms with Crippen molar-refractivity contribution in [1.82, 2.24) is 14.3 Å². The third-order valence-corrected chi connectivity index (χ3v) is 10.5. The highest BCUT2D eigenvalue weighted by Gasteiger charge is 2.27. The maximum atomic E-state index is 13.3. The standard InChI is InChI=1S/C40H42ClN3O6S/c1-25-36-34(16-15-32(41)38(36)37-26(2)44(18-20-47-3)42-33(37)23-45)43(39(25)40(46)49-5)17-8-19-50-35-22-30(21-28-9-6-7-10-31(28)35)51-24-27-11-13-29(48-4)14-12-27/h6-7,9-16,21-22,45H,8,17-20,23-24H2,1-5H3. The highest BCUT2D eigenvalue weighted by molar-refractivity contribution is 7.98. The van der Waals surface area contributed by atoms with Gasteiger partial charge in [0.1, 0.15) is 17.2 Å². The second-order valence-electron chi connectivity index (χ2n) is 12.2. The number of hydrogen-bond donors (Lipinski definition) is 1. The third kappa shape index (κ3) is 7.46. The van der Waals surface area contributed by atoms with Gasteiger partial charge in [-0.3, -0.25) is 4.68 Å². The number of aromatic nitrogens is 3. The Bertz CT molecular complexity index is 2180. The Morgan fingerprint density at radius 2 is 1.73 bits per heavy atom. The molecule has 6 aromatic rings. The third-order valence-electron chi connectivity index (χ3n) is 9.13. The molecule has 0 amide bonds. The monoisotopic (exact) mass is 727 g/mol. The molecule has 0 aliphatic carbocycles. The smallest absolute Gasteiger partial charge is 0.354 e. The number of aliphatic hydroxyl groups excluding tert-OH is 1. The zero-order chi connectivity index (χ0) is 36.1. The fourth-order valence-electron chi connectivity index (χ4n) is 6.63. The Balaban J connectivity index is 1.28. The van der Waals surface area contributed by atoms with E-state index in [0.717, 1.165) is 66.2 Å². The number of esters is 1. The Morgan fingerprint density at radius 1 is 0.941 bits per heavy atom. The van der Waals surface area contributed by atoms with Gasteiger partial charge in [-0.1, -0.05) is 48.0 Å². The zero-order valence-corrected chi connectivity index (χ0v) is 31.1. The van der Waals surface area contributed by atoms with E-state index in [4.69, 9.17) is 30.5 Å². The molecular weight excluding hydrogens is 686 g/mol. The second kappa shape index (κ2) is 16.2. The minimum Gasteiger partial charge on any atom is -0.497 e. The highest BCUT2D eigenvalue weighted by Crippen LogP contribution is 2.43. The molecule has 1 N–H and O–H groups in total. The highest BCUT2D eigenvalue weighted by atomic mass is 35.5. The van der Waals surface area contributed by atoms with Crippen molar-refractivity contribution in [1.29, 1.82) is 0 Å². The number of ether oxygens (including phenoxy) is 4. The van der Waals surface area contributed by atoms with Crippen LogP contribution in [0.15, 0.2) is 77.7 Å². The van der Waals surface area contributed by atoms with Gasteiger partial charge >= 0.3 is 5.97 Å². The van der Waals surface area contributed by atoms with E-state index < -0.39 is 5.97 Å². The summed E-state index contributed by atoms with van der Waals surface area (Å²) >= 11 is 8.69. The number of fused-ring (bicyclic) bond motifs is 2. The fraction of sp³-hybridized carbons (Fsp3) is 0.300. The Labute approximate surface area is 307 Å². The molecule has 0 radical (unpaired) electrons. The van der Waals surface area contributed by atoms with Gasteiger partial charge in [0.25, 0.3) is 0 Å². The number of thioether (sulfide) groups is 1. The van der Waals surface area contributed by atoms with Gasteiger partial charge in [0.2, 0.25) is 0 Å². The van der Waals surface area contributed by atoms with E-state index in [1.807, 2.05) is 59.5 Å². The summed E-state index contributed by atoms with van der Waals surface area (Å²) in [7, 11) is 4.70. The number of rotatable bonds is 15. The van der Waals surface area contributed by atoms with Crippen LogP contribution >= 0.6 is 23.4 Å². The van der Waals surface area contributed by atoms with E-state index in [2.05, 4.69) is 41.5 Å². The maximum absolute atomic E-state index is 13.3. The van der Waals surface area contributed by atoms with Crippen LogP contribution in [0.5, 0.6) is 11.5 Å². The number of aliphatic hydroxyl groups is 1. The van der Waals surface area contributed by atoms with E-state index in [1.54, 1.807) is 26.0 Å². The predicted molar refractivity (Wildman–Crippen MR) is 203 cm³/mol. The van der Waals surface area contributed by atoms with E-state index in [1.165, 1.54) is 12.7 Å². The number of methoxy groups -OCH3 is 3. The van der Waals surface area contributed by atoms with Crippen LogP contribution in [-0.4, -0.2) is 60.0 Å². The largest absolute Gasteiger partial charge is 0.497 e. The molecule has 0 spiro atoms. The second-order valence-corrected chi connectivity index (χ2v) is 13.7. The quantitative estimate of drug-likeness (QED) is 0.0638. The van der Waals surface area contributed by atoms with Gasteiger partial charge < -0.3 is 28.6 Å². The topological polar surface area (TPSA) is 97.0 Å². The summed E-state index contributed by atoms with van der Waals surface area (Å²) in [6.07, 6.45) is 0.624. The van der Waals surface area contributed by atoms with Crippen LogP contribution in [0.1, 0.15) is 39.4 Å². The predicted octanol–water partition coefficient (Wildman–Crippen LogP) is 8.62. The van der Waals surface area contributed by atoms with E-state index >= 15 is 0 Å². The normalized spacial score (nSPS) is 11.4. The van der Waals surface area contributed by atoms with Crippen molar-refractivity contribution >= 4 is 51.0 Å². The van der Waals surface area contributed by atoms with Crippen LogP contribution in [0.3, 0.4) is 0 Å². The Morgan fingerprint density at radius 3 is 2.45 bits per heavy atom. The average molecular weight is 728 g/mol. The van der Waals surface area contributed by atoms with Gasteiger partial charge in [0.05, 0.1) is 46.3 Å². The summed E-state index contributed by atoms with van der Waals surface area (Å²) in [6, 6.07) is 24.4. The molecule has 0 bridgehead atoms. The van der Waals surface area contributed by atoms with Crippen LogP contribution < -0.4 is 9.47 Å². The number of carbonyl (C=O) groups excluding carboxylic acids is 1. The molecule has 0 atom stereocenters. The lowest BCUT2D eigenvalue weighted by Gasteiger charge is -2.14. The summed E-state index contributed by atoms with van der Waals surface area (Å²) in [4.78, 5) is 14.4. The molecule has 0 aliphatic heterocycles. The first-order valence-corrected chi connectivity index (χ1v) is 18.1. The fourth-order valence-corrected chi connectivity index (χ4v) is 7.81. The molecule has 11 heteroatoms. The van der Waals surface area contributed by atoms with Crippen molar-refractivity contribution in [3.8, 4) is 22.6 Å². The lowest BCUT2D eigenvalue weighted by atomic mass is 9.97. The lowest BCUT2D eigenvalue weighted by molar-refractivity contribution is 0.0587. The molecule has 266 valence electrons. The lowest BCUT2D eigenvalue weighted by Crippen LogP contribution is -2.13. The molecule has 0 saturated carbocycles. The molecule has 2 aromatic heterocycles. The number of aryl methyl sites for hydroxylation is 2. The minimum atomic E-state index is -0.436. The molecule has 2 heterocycles. The summed E-state index contributed by atoms with van der Waals surface area (Å²) in [5.74, 6) is 2.04. The van der Waals surface area contributed by atoms with Crippen LogP contribution in [0.4, 0.5) is 0 Å². The Hall–Kier alpha value is -4.48.